The highest BCUT2D eigenvalue weighted by Crippen LogP contribution is 2.39. The lowest BCUT2D eigenvalue weighted by Crippen LogP contribution is -1.92. The number of benzene rings is 3. The highest BCUT2D eigenvalue weighted by Gasteiger charge is 2.24. The summed E-state index contributed by atoms with van der Waals surface area (Å²) in [5.74, 6) is 0. The van der Waals surface area contributed by atoms with Crippen LogP contribution in [0.4, 0.5) is 0 Å². The summed E-state index contributed by atoms with van der Waals surface area (Å²) in [5, 5.41) is 0. The van der Waals surface area contributed by atoms with Gasteiger partial charge in [0.1, 0.15) is 33.8 Å². The highest BCUT2D eigenvalue weighted by atomic mass is 15.0. The highest BCUT2D eigenvalue weighted by molar-refractivity contribution is 6.08. The van der Waals surface area contributed by atoms with E-state index in [1.807, 2.05) is 72.8 Å². The van der Waals surface area contributed by atoms with E-state index in [1.165, 1.54) is 0 Å². The van der Waals surface area contributed by atoms with Crippen LogP contribution in [-0.4, -0.2) is 79.7 Å². The molecule has 0 amide bonds. The van der Waals surface area contributed by atoms with Gasteiger partial charge >= 0.3 is 0 Å². The van der Waals surface area contributed by atoms with Gasteiger partial charge in [-0.2, -0.15) is 0 Å². The fraction of sp³-hybridized carbons (Fsp3) is 0. The molecule has 16 nitrogen and oxygen atoms in total. The Hall–Kier alpha value is -8.92. The summed E-state index contributed by atoms with van der Waals surface area (Å²) in [5.41, 5.74) is 17.6. The van der Waals surface area contributed by atoms with Crippen molar-refractivity contribution in [3.05, 3.63) is 110 Å². The van der Waals surface area contributed by atoms with E-state index in [1.54, 1.807) is 37.2 Å². The predicted molar refractivity (Wildman–Crippen MR) is 226 cm³/mol. The van der Waals surface area contributed by atoms with Crippen LogP contribution < -0.4 is 0 Å². The van der Waals surface area contributed by atoms with Gasteiger partial charge in [0.2, 0.25) is 0 Å². The quantitative estimate of drug-likeness (QED) is 0.141. The summed E-state index contributed by atoms with van der Waals surface area (Å²) < 4.78 is 0. The molecule has 11 heterocycles. The van der Waals surface area contributed by atoms with Crippen LogP contribution in [0.25, 0.3) is 145 Å². The molecule has 0 spiro atoms. The third-order valence-corrected chi connectivity index (χ3v) is 10.9. The van der Waals surface area contributed by atoms with Crippen molar-refractivity contribution in [1.29, 1.82) is 0 Å². The number of hydrogen-bond donors (Lipinski definition) is 2. The van der Waals surface area contributed by atoms with Gasteiger partial charge in [0.25, 0.3) is 0 Å². The lowest BCUT2D eigenvalue weighted by molar-refractivity contribution is 1.28. The summed E-state index contributed by atoms with van der Waals surface area (Å²) in [6.07, 6.45) is 10.0. The Morgan fingerprint density at radius 3 is 0.900 bits per heavy atom. The molecular formula is C44H20N16. The Balaban J connectivity index is 1.11. The van der Waals surface area contributed by atoms with Gasteiger partial charge in [-0.05, 0) is 72.8 Å². The van der Waals surface area contributed by atoms with Crippen LogP contribution in [0.1, 0.15) is 0 Å². The first kappa shape index (κ1) is 31.2. The van der Waals surface area contributed by atoms with E-state index < -0.39 is 0 Å². The molecule has 2 N–H and O–H groups in total. The Bertz CT molecular complexity index is 3840. The zero-order chi connectivity index (χ0) is 39.1. The van der Waals surface area contributed by atoms with Gasteiger partial charge in [0, 0.05) is 48.2 Å². The molecule has 9 aromatic heterocycles. The standard InChI is InChI=1S/C44H20N16/c1-2-20-10-34-40-42(58-30-14-24-22(12-28(30)56-40)46-4-6-48-24)36(53-34)18-38-44-43(59-31-15-25-26(16-32(31)60-44)50-8-7-49-25)37(54-38)17-35-41-39(33(52-35)9-19(1)51-20)55-27-11-21-23(13-29(27)57-41)47-5-3-45-21/h1-18,51,54H. The molecule has 0 radical (unpaired) electrons. The van der Waals surface area contributed by atoms with E-state index in [2.05, 4.69) is 39.9 Å². The van der Waals surface area contributed by atoms with Crippen LogP contribution in [0.5, 0.6) is 0 Å². The molecule has 2 aliphatic rings. The monoisotopic (exact) mass is 772 g/mol. The molecule has 16 heteroatoms. The Kier molecular flexibility index (Phi) is 5.90. The molecular weight excluding hydrogens is 753 g/mol. The summed E-state index contributed by atoms with van der Waals surface area (Å²) in [4.78, 5) is 75.5. The van der Waals surface area contributed by atoms with Gasteiger partial charge in [0.05, 0.1) is 100 Å². The van der Waals surface area contributed by atoms with Crippen molar-refractivity contribution in [3.63, 3.8) is 0 Å². The van der Waals surface area contributed by atoms with E-state index in [4.69, 9.17) is 39.9 Å². The topological polar surface area (TPSA) is 212 Å². The fourth-order valence-corrected chi connectivity index (χ4v) is 8.15. The summed E-state index contributed by atoms with van der Waals surface area (Å²) in [6.45, 7) is 0. The first-order valence-electron chi connectivity index (χ1n) is 18.9. The van der Waals surface area contributed by atoms with Gasteiger partial charge in [0.15, 0.2) is 0 Å². The van der Waals surface area contributed by atoms with Gasteiger partial charge in [-0.3, -0.25) is 29.9 Å². The first-order valence-corrected chi connectivity index (χ1v) is 18.9. The predicted octanol–water partition coefficient (Wildman–Crippen LogP) is 7.80. The van der Waals surface area contributed by atoms with Crippen LogP contribution in [0.15, 0.2) is 110 Å². The molecule has 0 saturated carbocycles. The number of H-pyrrole nitrogens is 2. The molecule has 12 aromatic rings. The van der Waals surface area contributed by atoms with Gasteiger partial charge in [-0.1, -0.05) is 0 Å². The molecule has 0 aliphatic carbocycles. The van der Waals surface area contributed by atoms with Crippen LogP contribution in [0.2, 0.25) is 0 Å². The van der Waals surface area contributed by atoms with Crippen LogP contribution in [0, 0.1) is 0 Å². The Labute approximate surface area is 333 Å². The SMILES string of the molecule is c1cnc2cc3nc4c(nc3cc2n1)-c1cc2ccc(cc3nc(cc5[nH]c(cc-4n1)c1nc4cc6nccnc6cc4nc51)-c1nc4cc5nccnc5cc4nc1-3)[nH]2. The zero-order valence-corrected chi connectivity index (χ0v) is 30.7. The number of nitrogens with zero attached hydrogens (tertiary/aromatic N) is 14. The third kappa shape index (κ3) is 4.60. The Morgan fingerprint density at radius 2 is 0.567 bits per heavy atom. The number of aromatic nitrogens is 16. The van der Waals surface area contributed by atoms with E-state index in [0.29, 0.717) is 112 Å². The largest absolute Gasteiger partial charge is 0.355 e. The molecule has 14 rings (SSSR count). The maximum atomic E-state index is 5.19. The van der Waals surface area contributed by atoms with E-state index in [0.717, 1.165) is 33.1 Å². The number of rotatable bonds is 0. The van der Waals surface area contributed by atoms with Crippen molar-refractivity contribution in [3.8, 4) is 45.6 Å². The zero-order valence-electron chi connectivity index (χ0n) is 30.7. The average Bonchev–Trinajstić information content (AvgIpc) is 4.03. The van der Waals surface area contributed by atoms with Crippen molar-refractivity contribution >= 4 is 99.3 Å². The molecule has 3 aromatic carbocycles. The lowest BCUT2D eigenvalue weighted by atomic mass is 10.1. The molecule has 0 fully saturated rings. The van der Waals surface area contributed by atoms with Crippen molar-refractivity contribution in [2.45, 2.75) is 0 Å². The van der Waals surface area contributed by atoms with Crippen LogP contribution >= 0.6 is 0 Å². The van der Waals surface area contributed by atoms with E-state index >= 15 is 0 Å². The van der Waals surface area contributed by atoms with Gasteiger partial charge < -0.3 is 9.97 Å². The van der Waals surface area contributed by atoms with E-state index in [-0.39, 0.29) is 0 Å². The molecule has 0 saturated heterocycles. The molecule has 276 valence electrons. The van der Waals surface area contributed by atoms with Crippen molar-refractivity contribution < 1.29 is 0 Å². The van der Waals surface area contributed by atoms with Crippen LogP contribution in [-0.2, 0) is 0 Å². The minimum absolute atomic E-state index is 0.600. The second-order valence-corrected chi connectivity index (χ2v) is 14.6. The third-order valence-electron chi connectivity index (χ3n) is 10.9. The van der Waals surface area contributed by atoms with Crippen LogP contribution in [0.3, 0.4) is 0 Å². The van der Waals surface area contributed by atoms with E-state index in [9.17, 15) is 0 Å². The minimum Gasteiger partial charge on any atom is -0.355 e. The second kappa shape index (κ2) is 11.4. The van der Waals surface area contributed by atoms with Crippen molar-refractivity contribution in [2.24, 2.45) is 0 Å². The lowest BCUT2D eigenvalue weighted by Gasteiger charge is -2.04. The minimum atomic E-state index is 0.600. The average molecular weight is 773 g/mol. The number of fused-ring (bicyclic) bond motifs is 23. The first-order chi connectivity index (χ1) is 29.6. The Morgan fingerprint density at radius 1 is 0.267 bits per heavy atom. The molecule has 2 aliphatic heterocycles. The number of nitrogens with one attached hydrogen (secondary N) is 2. The molecule has 60 heavy (non-hydrogen) atoms. The summed E-state index contributed by atoms with van der Waals surface area (Å²) in [6, 6.07) is 23.3. The van der Waals surface area contributed by atoms with Gasteiger partial charge in [-0.15, -0.1) is 0 Å². The molecule has 0 unspecified atom stereocenters. The maximum Gasteiger partial charge on any atom is 0.117 e. The fourth-order valence-electron chi connectivity index (χ4n) is 8.15. The number of hydrogen-bond acceptors (Lipinski definition) is 14. The van der Waals surface area contributed by atoms with Crippen molar-refractivity contribution in [1.82, 2.24) is 79.7 Å². The molecule has 8 bridgehead atoms. The van der Waals surface area contributed by atoms with Gasteiger partial charge in [-0.25, -0.2) is 39.9 Å². The smallest absolute Gasteiger partial charge is 0.117 e. The normalized spacial score (nSPS) is 12.3. The number of aromatic amines is 2. The molecule has 0 atom stereocenters. The summed E-state index contributed by atoms with van der Waals surface area (Å²) >= 11 is 0. The summed E-state index contributed by atoms with van der Waals surface area (Å²) in [7, 11) is 0. The maximum absolute atomic E-state index is 5.19. The van der Waals surface area contributed by atoms with Crippen molar-refractivity contribution in [2.75, 3.05) is 0 Å². The second-order valence-electron chi connectivity index (χ2n) is 14.6.